The molecule has 2 heterocycles. The molecule has 2 aromatic heterocycles. The van der Waals surface area contributed by atoms with Crippen LogP contribution in [0.1, 0.15) is 5.56 Å². The van der Waals surface area contributed by atoms with Crippen LogP contribution in [0.5, 0.6) is 0 Å². The van der Waals surface area contributed by atoms with E-state index < -0.39 is 0 Å². The van der Waals surface area contributed by atoms with Crippen molar-refractivity contribution in [3.05, 3.63) is 75.6 Å². The highest BCUT2D eigenvalue weighted by Crippen LogP contribution is 2.11. The quantitative estimate of drug-likeness (QED) is 0.567. The molecule has 0 fully saturated rings. The Hall–Kier alpha value is -3.28. The Kier molecular flexibility index (Phi) is 2.62. The summed E-state index contributed by atoms with van der Waals surface area (Å²) in [6.07, 6.45) is 0. The third-order valence-corrected chi connectivity index (χ3v) is 3.58. The third kappa shape index (κ3) is 1.67. The average molecular weight is 290 g/mol. The largest absolute Gasteiger partial charge is 0.506 e. The lowest BCUT2D eigenvalue weighted by Gasteiger charge is -2.03. The molecule has 106 valence electrons. The normalized spacial score (nSPS) is 12.7. The van der Waals surface area contributed by atoms with Gasteiger partial charge in [-0.25, -0.2) is 0 Å². The first-order valence-corrected chi connectivity index (χ1v) is 6.69. The van der Waals surface area contributed by atoms with Gasteiger partial charge in [0.25, 0.3) is 0 Å². The van der Waals surface area contributed by atoms with Gasteiger partial charge < -0.3 is 5.11 Å². The standard InChI is InChI=1S/C16H10N4O2/c21-14(10-6-2-1-3-7-10)13-15(22)11-8-4-5-9-12(11)20-16(13)17-18-19-20/h1-9,21H/b14-13+. The molecule has 6 nitrogen and oxygen atoms in total. The molecular formula is C16H10N4O2. The minimum Gasteiger partial charge on any atom is -0.506 e. The summed E-state index contributed by atoms with van der Waals surface area (Å²) in [7, 11) is 0. The number of fused-ring (bicyclic) bond motifs is 3. The van der Waals surface area contributed by atoms with Crippen LogP contribution in [0.25, 0.3) is 22.3 Å². The zero-order valence-electron chi connectivity index (χ0n) is 11.3. The summed E-state index contributed by atoms with van der Waals surface area (Å²) in [6.45, 7) is 0. The first-order chi connectivity index (χ1) is 10.8. The number of hydrogen-bond acceptors (Lipinski definition) is 5. The van der Waals surface area contributed by atoms with Crippen molar-refractivity contribution in [1.29, 1.82) is 0 Å². The van der Waals surface area contributed by atoms with E-state index in [0.29, 0.717) is 16.5 Å². The topological polar surface area (TPSA) is 80.4 Å². The van der Waals surface area contributed by atoms with E-state index in [1.165, 1.54) is 4.52 Å². The second-order valence-corrected chi connectivity index (χ2v) is 4.85. The van der Waals surface area contributed by atoms with E-state index in [1.54, 1.807) is 42.5 Å². The molecule has 0 aliphatic carbocycles. The Balaban J connectivity index is 2.29. The number of aliphatic hydroxyl groups excluding tert-OH is 1. The number of pyridine rings is 1. The molecule has 0 amide bonds. The fourth-order valence-electron chi connectivity index (χ4n) is 2.55. The second kappa shape index (κ2) is 4.63. The zero-order valence-corrected chi connectivity index (χ0v) is 11.3. The van der Waals surface area contributed by atoms with Crippen molar-refractivity contribution in [2.75, 3.05) is 0 Å². The van der Waals surface area contributed by atoms with Crippen molar-refractivity contribution in [2.45, 2.75) is 0 Å². The first-order valence-electron chi connectivity index (χ1n) is 6.69. The van der Waals surface area contributed by atoms with Gasteiger partial charge in [-0.1, -0.05) is 42.5 Å². The Morgan fingerprint density at radius 1 is 1.00 bits per heavy atom. The number of aliphatic hydroxyl groups is 1. The Morgan fingerprint density at radius 2 is 1.73 bits per heavy atom. The van der Waals surface area contributed by atoms with Gasteiger partial charge in [0.05, 0.1) is 5.52 Å². The number of nitrogens with zero attached hydrogens (tertiary/aromatic N) is 4. The smallest absolute Gasteiger partial charge is 0.202 e. The van der Waals surface area contributed by atoms with Gasteiger partial charge in [-0.2, -0.15) is 4.52 Å². The lowest BCUT2D eigenvalue weighted by atomic mass is 10.1. The Morgan fingerprint density at radius 3 is 2.55 bits per heavy atom. The van der Waals surface area contributed by atoms with Crippen LogP contribution in [0.4, 0.5) is 0 Å². The summed E-state index contributed by atoms with van der Waals surface area (Å²) in [4.78, 5) is 12.8. The van der Waals surface area contributed by atoms with Crippen LogP contribution in [0.2, 0.25) is 0 Å². The summed E-state index contributed by atoms with van der Waals surface area (Å²) < 4.78 is 1.46. The maximum absolute atomic E-state index is 12.8. The number of benzene rings is 2. The molecular weight excluding hydrogens is 280 g/mol. The minimum absolute atomic E-state index is 0.106. The number of para-hydroxylation sites is 1. The summed E-state index contributed by atoms with van der Waals surface area (Å²) in [6, 6.07) is 15.9. The van der Waals surface area contributed by atoms with E-state index in [-0.39, 0.29) is 22.1 Å². The number of rotatable bonds is 1. The molecule has 2 aromatic carbocycles. The van der Waals surface area contributed by atoms with Crippen molar-refractivity contribution in [3.63, 3.8) is 0 Å². The number of hydrogen-bond donors (Lipinski definition) is 1. The van der Waals surface area contributed by atoms with Crippen LogP contribution in [0.15, 0.2) is 59.4 Å². The molecule has 0 aliphatic heterocycles. The molecule has 0 saturated heterocycles. The number of aromatic nitrogens is 4. The van der Waals surface area contributed by atoms with Crippen LogP contribution in [-0.2, 0) is 0 Å². The molecule has 0 bridgehead atoms. The molecule has 0 spiro atoms. The number of tetrazole rings is 1. The third-order valence-electron chi connectivity index (χ3n) is 3.58. The SMILES string of the molecule is O=c1/c(=C(\O)c2ccccc2)c2nnnn2c2ccccc12. The van der Waals surface area contributed by atoms with Gasteiger partial charge in [0.2, 0.25) is 5.43 Å². The van der Waals surface area contributed by atoms with Crippen LogP contribution < -0.4 is 10.6 Å². The molecule has 22 heavy (non-hydrogen) atoms. The minimum atomic E-state index is -0.292. The van der Waals surface area contributed by atoms with Gasteiger partial charge in [0.15, 0.2) is 5.65 Å². The first kappa shape index (κ1) is 12.5. The lowest BCUT2D eigenvalue weighted by Crippen LogP contribution is -2.30. The van der Waals surface area contributed by atoms with Gasteiger partial charge >= 0.3 is 0 Å². The van der Waals surface area contributed by atoms with Crippen molar-refractivity contribution in [2.24, 2.45) is 0 Å². The van der Waals surface area contributed by atoms with Gasteiger partial charge in [-0.05, 0) is 22.6 Å². The predicted molar refractivity (Wildman–Crippen MR) is 81.4 cm³/mol. The van der Waals surface area contributed by atoms with Gasteiger partial charge in [-0.15, -0.1) is 5.10 Å². The van der Waals surface area contributed by atoms with Crippen LogP contribution in [0.3, 0.4) is 0 Å². The van der Waals surface area contributed by atoms with Gasteiger partial charge in [-0.3, -0.25) is 4.79 Å². The average Bonchev–Trinajstić information content (AvgIpc) is 3.05. The highest BCUT2D eigenvalue weighted by molar-refractivity contribution is 5.82. The van der Waals surface area contributed by atoms with Crippen molar-refractivity contribution in [1.82, 2.24) is 20.0 Å². The van der Waals surface area contributed by atoms with E-state index in [1.807, 2.05) is 12.1 Å². The van der Waals surface area contributed by atoms with E-state index >= 15 is 0 Å². The maximum atomic E-state index is 12.8. The fraction of sp³-hybridized carbons (Fsp3) is 0. The van der Waals surface area contributed by atoms with E-state index in [9.17, 15) is 9.90 Å². The maximum Gasteiger partial charge on any atom is 0.202 e. The molecule has 6 heteroatoms. The van der Waals surface area contributed by atoms with E-state index in [4.69, 9.17) is 0 Å². The van der Waals surface area contributed by atoms with Gasteiger partial charge in [0, 0.05) is 10.9 Å². The molecule has 0 radical (unpaired) electrons. The van der Waals surface area contributed by atoms with Crippen LogP contribution >= 0.6 is 0 Å². The zero-order chi connectivity index (χ0) is 15.1. The second-order valence-electron chi connectivity index (χ2n) is 4.85. The van der Waals surface area contributed by atoms with Crippen molar-refractivity contribution < 1.29 is 5.11 Å². The fourth-order valence-corrected chi connectivity index (χ4v) is 2.55. The molecule has 0 unspecified atom stereocenters. The highest BCUT2D eigenvalue weighted by Gasteiger charge is 2.14. The molecule has 0 aliphatic rings. The van der Waals surface area contributed by atoms with Crippen molar-refractivity contribution >= 4 is 22.3 Å². The highest BCUT2D eigenvalue weighted by atomic mass is 16.3. The monoisotopic (exact) mass is 290 g/mol. The van der Waals surface area contributed by atoms with Crippen LogP contribution in [0, 0.1) is 0 Å². The molecule has 1 N–H and O–H groups in total. The summed E-state index contributed by atoms with van der Waals surface area (Å²) in [5.74, 6) is -0.129. The predicted octanol–water partition coefficient (Wildman–Crippen LogP) is 1.07. The van der Waals surface area contributed by atoms with E-state index in [2.05, 4.69) is 15.5 Å². The molecule has 0 atom stereocenters. The van der Waals surface area contributed by atoms with Crippen LogP contribution in [-0.4, -0.2) is 25.1 Å². The summed E-state index contributed by atoms with van der Waals surface area (Å²) in [5.41, 5.74) is 1.10. The lowest BCUT2D eigenvalue weighted by molar-refractivity contribution is 0.507. The van der Waals surface area contributed by atoms with E-state index in [0.717, 1.165) is 0 Å². The molecule has 4 rings (SSSR count). The van der Waals surface area contributed by atoms with Gasteiger partial charge in [0.1, 0.15) is 11.0 Å². The molecule has 4 aromatic rings. The Bertz CT molecular complexity index is 1100. The summed E-state index contributed by atoms with van der Waals surface area (Å²) >= 11 is 0. The van der Waals surface area contributed by atoms with Crippen molar-refractivity contribution in [3.8, 4) is 0 Å². The Labute approximate surface area is 123 Å². The molecule has 0 saturated carbocycles. The summed E-state index contributed by atoms with van der Waals surface area (Å²) in [5, 5.41) is 22.6.